The molecule has 0 saturated carbocycles. The van der Waals surface area contributed by atoms with Crippen molar-refractivity contribution in [1.82, 2.24) is 10.2 Å². The lowest BCUT2D eigenvalue weighted by Crippen LogP contribution is -2.50. The van der Waals surface area contributed by atoms with Crippen LogP contribution in [0.15, 0.2) is 237 Å². The second-order valence-corrected chi connectivity index (χ2v) is 19.9. The van der Waals surface area contributed by atoms with Crippen LogP contribution in [-0.4, -0.2) is 53.8 Å². The molecule has 12 nitrogen and oxygen atoms in total. The summed E-state index contributed by atoms with van der Waals surface area (Å²) in [6, 6.07) is 71.5. The monoisotopic (exact) mass is 1090 g/mol. The van der Waals surface area contributed by atoms with E-state index in [1.54, 1.807) is 36.4 Å². The molecular weight excluding hydrogens is 1030 g/mol. The van der Waals surface area contributed by atoms with Gasteiger partial charge < -0.3 is 33.7 Å². The molecule has 1 aliphatic rings. The molecule has 82 heavy (non-hydrogen) atoms. The lowest BCUT2D eigenvalue weighted by Gasteiger charge is -2.29. The zero-order chi connectivity index (χ0) is 56.3. The molecule has 9 aromatic carbocycles. The Morgan fingerprint density at radius 2 is 0.902 bits per heavy atom. The van der Waals surface area contributed by atoms with Gasteiger partial charge in [-0.05, 0) is 101 Å². The Balaban J connectivity index is 1.01. The molecular formula is C70H62N2O10. The van der Waals surface area contributed by atoms with Gasteiger partial charge in [0.1, 0.15) is 67.7 Å². The van der Waals surface area contributed by atoms with Crippen molar-refractivity contribution in [2.45, 2.75) is 64.6 Å². The third kappa shape index (κ3) is 15.1. The minimum absolute atomic E-state index is 0.00994. The number of ketones is 1. The number of rotatable bonds is 23. The molecule has 1 heterocycles. The third-order valence-corrected chi connectivity index (χ3v) is 14.0. The first-order valence-corrected chi connectivity index (χ1v) is 27.4. The average molecular weight is 1090 g/mol. The number of benzene rings is 9. The van der Waals surface area contributed by atoms with E-state index >= 15 is 9.59 Å². The van der Waals surface area contributed by atoms with E-state index in [4.69, 9.17) is 28.4 Å². The smallest absolute Gasteiger partial charge is 0.339 e. The van der Waals surface area contributed by atoms with E-state index in [1.807, 2.05) is 170 Å². The second kappa shape index (κ2) is 27.9. The maximum Gasteiger partial charge on any atom is 0.339 e. The Labute approximate surface area is 477 Å². The minimum Gasteiger partial charge on any atom is -0.489 e. The van der Waals surface area contributed by atoms with Gasteiger partial charge in [-0.2, -0.15) is 0 Å². The third-order valence-electron chi connectivity index (χ3n) is 14.0. The van der Waals surface area contributed by atoms with E-state index in [1.165, 1.54) is 18.2 Å². The number of nitrogens with zero attached hydrogens (tertiary/aromatic N) is 1. The zero-order valence-corrected chi connectivity index (χ0v) is 45.3. The van der Waals surface area contributed by atoms with Crippen LogP contribution in [0.3, 0.4) is 0 Å². The summed E-state index contributed by atoms with van der Waals surface area (Å²) in [6.07, 6.45) is 0.312. The molecule has 2 atom stereocenters. The average Bonchev–Trinajstić information content (AvgIpc) is 3.80. The Morgan fingerprint density at radius 3 is 1.41 bits per heavy atom. The summed E-state index contributed by atoms with van der Waals surface area (Å²) in [5.74, 6) is -1.79. The van der Waals surface area contributed by atoms with E-state index in [0.29, 0.717) is 50.4 Å². The van der Waals surface area contributed by atoms with E-state index in [-0.39, 0.29) is 71.8 Å². The van der Waals surface area contributed by atoms with Crippen molar-refractivity contribution in [1.29, 1.82) is 0 Å². The molecule has 0 bridgehead atoms. The molecule has 1 aliphatic heterocycles. The highest BCUT2D eigenvalue weighted by Crippen LogP contribution is 2.38. The Bertz CT molecular complexity index is 3470. The van der Waals surface area contributed by atoms with Gasteiger partial charge >= 0.3 is 11.9 Å². The number of esters is 2. The van der Waals surface area contributed by atoms with Crippen LogP contribution >= 0.6 is 0 Å². The molecule has 412 valence electrons. The van der Waals surface area contributed by atoms with Gasteiger partial charge in [0, 0.05) is 18.7 Å². The topological polar surface area (TPSA) is 139 Å². The molecule has 0 radical (unpaired) electrons. The van der Waals surface area contributed by atoms with Crippen LogP contribution in [0.1, 0.15) is 93.2 Å². The van der Waals surface area contributed by atoms with Gasteiger partial charge in [-0.25, -0.2) is 9.59 Å². The van der Waals surface area contributed by atoms with Crippen molar-refractivity contribution in [3.05, 3.63) is 298 Å². The van der Waals surface area contributed by atoms with Crippen LogP contribution in [0.4, 0.5) is 0 Å². The van der Waals surface area contributed by atoms with Crippen LogP contribution in [0, 0.1) is 0 Å². The molecule has 0 unspecified atom stereocenters. The summed E-state index contributed by atoms with van der Waals surface area (Å²) in [4.78, 5) is 61.8. The van der Waals surface area contributed by atoms with Crippen LogP contribution in [0.5, 0.6) is 23.0 Å². The normalized spacial score (nSPS) is 14.1. The zero-order valence-electron chi connectivity index (χ0n) is 45.3. The van der Waals surface area contributed by atoms with Gasteiger partial charge in [0.25, 0.3) is 5.91 Å². The molecule has 0 spiro atoms. The summed E-state index contributed by atoms with van der Waals surface area (Å²) in [7, 11) is 0. The highest BCUT2D eigenvalue weighted by atomic mass is 16.5. The number of likely N-dealkylation sites (tertiary alicyclic amines) is 1. The van der Waals surface area contributed by atoms with Gasteiger partial charge in [0.2, 0.25) is 5.78 Å². The predicted octanol–water partition coefficient (Wildman–Crippen LogP) is 13.2. The number of ether oxygens (including phenoxy) is 6. The number of hydrogen-bond acceptors (Lipinski definition) is 11. The molecule has 1 fully saturated rings. The van der Waals surface area contributed by atoms with Crippen molar-refractivity contribution < 1.29 is 47.6 Å². The van der Waals surface area contributed by atoms with Crippen LogP contribution in [-0.2, 0) is 49.1 Å². The van der Waals surface area contributed by atoms with Gasteiger partial charge in [-0.15, -0.1) is 0 Å². The number of carbonyl (C=O) groups is 4. The molecule has 0 aliphatic carbocycles. The highest BCUT2D eigenvalue weighted by molar-refractivity contribution is 6.19. The van der Waals surface area contributed by atoms with E-state index in [9.17, 15) is 9.59 Å². The molecule has 1 N–H and O–H groups in total. The predicted molar refractivity (Wildman–Crippen MR) is 313 cm³/mol. The van der Waals surface area contributed by atoms with Crippen LogP contribution in [0.2, 0.25) is 0 Å². The summed E-state index contributed by atoms with van der Waals surface area (Å²) in [6.45, 7) is 2.07. The second-order valence-electron chi connectivity index (χ2n) is 19.9. The molecule has 1 saturated heterocycles. The Morgan fingerprint density at radius 1 is 0.439 bits per heavy atom. The number of carbonyl (C=O) groups excluding carboxylic acids is 4. The number of nitrogens with one attached hydrogen (secondary N) is 1. The Hall–Kier alpha value is -9.78. The van der Waals surface area contributed by atoms with E-state index in [2.05, 4.69) is 22.3 Å². The minimum atomic E-state index is -0.785. The van der Waals surface area contributed by atoms with Crippen LogP contribution in [0.25, 0.3) is 0 Å². The number of hydrogen-bond donors (Lipinski definition) is 1. The van der Waals surface area contributed by atoms with Gasteiger partial charge in [-0.3, -0.25) is 14.5 Å². The van der Waals surface area contributed by atoms with Crippen molar-refractivity contribution in [3.63, 3.8) is 0 Å². The molecule has 1 amide bonds. The van der Waals surface area contributed by atoms with E-state index in [0.717, 1.165) is 33.4 Å². The molecule has 0 aromatic heterocycles. The first kappa shape index (κ1) is 55.5. The highest BCUT2D eigenvalue weighted by Gasteiger charge is 2.35. The maximum absolute atomic E-state index is 15.9. The van der Waals surface area contributed by atoms with E-state index < -0.39 is 29.9 Å². The fourth-order valence-corrected chi connectivity index (χ4v) is 9.72. The molecule has 9 aromatic rings. The van der Waals surface area contributed by atoms with Crippen LogP contribution < -0.4 is 24.3 Å². The summed E-state index contributed by atoms with van der Waals surface area (Å²) in [5.41, 5.74) is 5.52. The van der Waals surface area contributed by atoms with Crippen molar-refractivity contribution in [2.24, 2.45) is 0 Å². The fraction of sp³-hybridized carbons (Fsp3) is 0.171. The van der Waals surface area contributed by atoms with Gasteiger partial charge in [0.15, 0.2) is 0 Å². The summed E-state index contributed by atoms with van der Waals surface area (Å²) < 4.78 is 38.1. The fourth-order valence-electron chi connectivity index (χ4n) is 9.72. The lowest BCUT2D eigenvalue weighted by molar-refractivity contribution is 0.0174. The van der Waals surface area contributed by atoms with Gasteiger partial charge in [0.05, 0.1) is 22.7 Å². The standard InChI is InChI=1S/C70H62N2O10/c73-67(65-59(70(76)81-49-55-31-17-6-18-32-55)33-19-34-62(65)78-46-52-25-11-3-12-26-52)66-63(79-47-53-27-13-4-14-28-53)41-57(42-64(66)80-48-54-29-15-5-16-30-54)69(75)82-61-35-20-40-72(43-50-21-7-1-8-22-50)44-60(61)71-68(74)56-36-38-58(39-37-56)77-45-51-23-9-2-10-24-51/h1-19,21-34,36-39,41-42,60-61H,20,35,40,43-49H2,(H,71,74)/t60-,61-/m0/s1. The summed E-state index contributed by atoms with van der Waals surface area (Å²) in [5, 5.41) is 3.23. The lowest BCUT2D eigenvalue weighted by atomic mass is 9.94. The van der Waals surface area contributed by atoms with Gasteiger partial charge in [-0.1, -0.05) is 188 Å². The van der Waals surface area contributed by atoms with Crippen molar-refractivity contribution in [3.8, 4) is 23.0 Å². The quantitative estimate of drug-likeness (QED) is 0.0484. The number of amides is 1. The SMILES string of the molecule is O=C(N[C@H]1CN(Cc2ccccc2)CCC[C@@H]1OC(=O)c1cc(OCc2ccccc2)c(C(=O)c2c(OCc3ccccc3)cccc2C(=O)OCc2ccccc2)c(OCc2ccccc2)c1)c1ccc(OCc2ccccc2)cc1. The molecule has 10 rings (SSSR count). The largest absolute Gasteiger partial charge is 0.489 e. The first-order valence-electron chi connectivity index (χ1n) is 27.4. The summed E-state index contributed by atoms with van der Waals surface area (Å²) >= 11 is 0. The van der Waals surface area contributed by atoms with Crippen molar-refractivity contribution >= 4 is 23.6 Å². The maximum atomic E-state index is 15.9. The Kier molecular flexibility index (Phi) is 18.9. The van der Waals surface area contributed by atoms with Crippen molar-refractivity contribution in [2.75, 3.05) is 13.1 Å². The molecule has 12 heteroatoms. The first-order chi connectivity index (χ1) is 40.3.